The van der Waals surface area contributed by atoms with Crippen molar-refractivity contribution in [2.75, 3.05) is 10.6 Å². The number of hydrogen-bond donors (Lipinski definition) is 2. The summed E-state index contributed by atoms with van der Waals surface area (Å²) in [4.78, 5) is 30.1. The first kappa shape index (κ1) is 24.5. The van der Waals surface area contributed by atoms with Gasteiger partial charge in [-0.2, -0.15) is 18.2 Å². The van der Waals surface area contributed by atoms with Crippen molar-refractivity contribution < 1.29 is 22.1 Å². The van der Waals surface area contributed by atoms with Gasteiger partial charge in [0.1, 0.15) is 17.3 Å². The highest BCUT2D eigenvalue weighted by molar-refractivity contribution is 5.70. The summed E-state index contributed by atoms with van der Waals surface area (Å²) in [7, 11) is 0. The van der Waals surface area contributed by atoms with Crippen molar-refractivity contribution in [3.05, 3.63) is 56.8 Å². The Morgan fingerprint density at radius 2 is 1.74 bits per heavy atom. The normalized spacial score (nSPS) is 15.1. The van der Waals surface area contributed by atoms with Gasteiger partial charge < -0.3 is 15.2 Å². The number of benzene rings is 1. The number of unbranched alkanes of at least 4 members (excludes halogenated alkanes) is 2. The predicted octanol–water partition coefficient (Wildman–Crippen LogP) is 3.75. The van der Waals surface area contributed by atoms with Gasteiger partial charge >= 0.3 is 11.9 Å². The molecule has 13 heteroatoms. The third kappa shape index (κ3) is 5.23. The second kappa shape index (κ2) is 9.92. The number of aryl methyl sites for hydroxylation is 1. The highest BCUT2D eigenvalue weighted by atomic mass is 19.4. The van der Waals surface area contributed by atoms with Crippen LogP contribution in [0.4, 0.5) is 29.1 Å². The molecule has 1 atom stereocenters. The van der Waals surface area contributed by atoms with Gasteiger partial charge in [0.05, 0.1) is 0 Å². The van der Waals surface area contributed by atoms with E-state index in [0.29, 0.717) is 43.0 Å². The van der Waals surface area contributed by atoms with Crippen LogP contribution < -0.4 is 21.9 Å². The zero-order valence-electron chi connectivity index (χ0n) is 18.9. The molecule has 0 amide bonds. The third-order valence-corrected chi connectivity index (χ3v) is 5.65. The topological polar surface area (TPSA) is 107 Å². The first-order valence-electron chi connectivity index (χ1n) is 11.2. The van der Waals surface area contributed by atoms with E-state index in [-0.39, 0.29) is 30.4 Å². The summed E-state index contributed by atoms with van der Waals surface area (Å²) in [5.74, 6) is 0.135. The van der Waals surface area contributed by atoms with E-state index in [1.165, 1.54) is 28.8 Å². The lowest BCUT2D eigenvalue weighted by Gasteiger charge is -2.16. The number of anilines is 2. The summed E-state index contributed by atoms with van der Waals surface area (Å²) in [6, 6.07) is 5.63. The Kier molecular flexibility index (Phi) is 6.94. The predicted molar refractivity (Wildman–Crippen MR) is 120 cm³/mol. The molecule has 0 saturated heterocycles. The highest BCUT2D eigenvalue weighted by Gasteiger charge is 2.45. The lowest BCUT2D eigenvalue weighted by Crippen LogP contribution is -2.40. The van der Waals surface area contributed by atoms with Crippen LogP contribution in [-0.4, -0.2) is 31.6 Å². The van der Waals surface area contributed by atoms with Gasteiger partial charge in [-0.15, -0.1) is 0 Å². The maximum absolute atomic E-state index is 13.2. The molecule has 0 aliphatic carbocycles. The Hall–Kier alpha value is -3.64. The van der Waals surface area contributed by atoms with E-state index in [0.717, 1.165) is 11.0 Å². The number of hydrogen-bond acceptors (Lipinski definition) is 7. The van der Waals surface area contributed by atoms with Crippen molar-refractivity contribution in [1.29, 1.82) is 0 Å². The number of alkyl halides is 3. The van der Waals surface area contributed by atoms with Crippen molar-refractivity contribution in [1.82, 2.24) is 19.3 Å². The van der Waals surface area contributed by atoms with Crippen LogP contribution in [0, 0.1) is 5.82 Å². The Balaban J connectivity index is 1.46. The average Bonchev–Trinajstić information content (AvgIpc) is 3.47. The molecule has 1 aromatic carbocycles. The third-order valence-electron chi connectivity index (χ3n) is 5.65. The van der Waals surface area contributed by atoms with Crippen LogP contribution in [0.15, 0.2) is 38.4 Å². The highest BCUT2D eigenvalue weighted by Crippen LogP contribution is 2.32. The molecular weight excluding hydrogens is 472 g/mol. The number of fused-ring (bicyclic) bond motifs is 1. The van der Waals surface area contributed by atoms with Crippen LogP contribution in [-0.2, 0) is 19.5 Å². The smallest absolute Gasteiger partial charge is 0.350 e. The summed E-state index contributed by atoms with van der Waals surface area (Å²) in [6.45, 7) is 2.10. The molecule has 1 aliphatic heterocycles. The Labute approximate surface area is 196 Å². The van der Waals surface area contributed by atoms with Crippen LogP contribution in [0.1, 0.15) is 38.5 Å². The van der Waals surface area contributed by atoms with Crippen LogP contribution in [0.2, 0.25) is 0 Å². The second-order valence-electron chi connectivity index (χ2n) is 8.21. The fraction of sp³-hybridized carbons (Fsp3) is 0.455. The molecule has 9 nitrogen and oxygen atoms in total. The quantitative estimate of drug-likeness (QED) is 0.343. The molecular formula is C22H24F4N6O3. The van der Waals surface area contributed by atoms with E-state index in [1.807, 2.05) is 6.92 Å². The minimum atomic E-state index is -4.64. The first-order valence-corrected chi connectivity index (χ1v) is 11.2. The standard InChI is InChI=1S/C22H24F4N6O3/c1-2-3-11-31-18-16(28-20(29-18)22(24,25)26)19(33)32(21(31)34)12-5-4-6-15-27-17(30-35-15)13-7-9-14(23)10-8-13/h7-10,20,28-29H,2-6,11-12H2,1H3. The summed E-state index contributed by atoms with van der Waals surface area (Å²) in [5.41, 5.74) is -1.12. The van der Waals surface area contributed by atoms with Crippen LogP contribution in [0.3, 0.4) is 0 Å². The van der Waals surface area contributed by atoms with Crippen molar-refractivity contribution in [2.24, 2.45) is 0 Å². The maximum atomic E-state index is 13.2. The average molecular weight is 496 g/mol. The Bertz CT molecular complexity index is 1300. The molecule has 4 rings (SSSR count). The fourth-order valence-electron chi connectivity index (χ4n) is 3.80. The van der Waals surface area contributed by atoms with E-state index in [2.05, 4.69) is 20.8 Å². The molecule has 0 saturated carbocycles. The molecule has 0 bridgehead atoms. The zero-order valence-corrected chi connectivity index (χ0v) is 18.9. The van der Waals surface area contributed by atoms with Crippen molar-refractivity contribution in [2.45, 2.75) is 64.5 Å². The molecule has 0 radical (unpaired) electrons. The number of aromatic nitrogens is 4. The monoisotopic (exact) mass is 496 g/mol. The molecule has 3 aromatic rings. The van der Waals surface area contributed by atoms with E-state index in [1.54, 1.807) is 0 Å². The lowest BCUT2D eigenvalue weighted by molar-refractivity contribution is -0.135. The molecule has 1 aliphatic rings. The molecule has 2 aromatic heterocycles. The van der Waals surface area contributed by atoms with E-state index >= 15 is 0 Å². The Morgan fingerprint density at radius 1 is 1.03 bits per heavy atom. The minimum absolute atomic E-state index is 0.0222. The summed E-state index contributed by atoms with van der Waals surface area (Å²) in [5, 5.41) is 8.28. The van der Waals surface area contributed by atoms with Gasteiger partial charge in [-0.05, 0) is 43.5 Å². The van der Waals surface area contributed by atoms with Gasteiger partial charge in [-0.3, -0.25) is 13.9 Å². The lowest BCUT2D eigenvalue weighted by atomic mass is 10.2. The van der Waals surface area contributed by atoms with E-state index < -0.39 is 23.6 Å². The molecule has 35 heavy (non-hydrogen) atoms. The molecule has 0 spiro atoms. The second-order valence-corrected chi connectivity index (χ2v) is 8.21. The largest absolute Gasteiger partial charge is 0.427 e. The Morgan fingerprint density at radius 3 is 2.43 bits per heavy atom. The molecule has 3 heterocycles. The maximum Gasteiger partial charge on any atom is 0.427 e. The van der Waals surface area contributed by atoms with Gasteiger partial charge in [0, 0.05) is 25.1 Å². The SMILES string of the molecule is CCCCn1c2c(c(=O)n(CCCCc3nc(-c4ccc(F)cc4)no3)c1=O)NC(C(F)(F)F)N2. The van der Waals surface area contributed by atoms with E-state index in [9.17, 15) is 27.2 Å². The number of nitrogens with zero attached hydrogens (tertiary/aromatic N) is 4. The van der Waals surface area contributed by atoms with Crippen LogP contribution in [0.25, 0.3) is 11.4 Å². The first-order chi connectivity index (χ1) is 16.7. The summed E-state index contributed by atoms with van der Waals surface area (Å²) >= 11 is 0. The zero-order chi connectivity index (χ0) is 25.2. The number of nitrogens with one attached hydrogen (secondary N) is 2. The van der Waals surface area contributed by atoms with Crippen molar-refractivity contribution in [3.63, 3.8) is 0 Å². The summed E-state index contributed by atoms with van der Waals surface area (Å²) in [6.07, 6.45) is -4.25. The van der Waals surface area contributed by atoms with Gasteiger partial charge in [0.2, 0.25) is 11.7 Å². The van der Waals surface area contributed by atoms with Crippen LogP contribution >= 0.6 is 0 Å². The van der Waals surface area contributed by atoms with Crippen molar-refractivity contribution >= 4 is 11.5 Å². The fourth-order valence-corrected chi connectivity index (χ4v) is 3.80. The minimum Gasteiger partial charge on any atom is -0.350 e. The van der Waals surface area contributed by atoms with Crippen LogP contribution in [0.5, 0.6) is 0 Å². The van der Waals surface area contributed by atoms with Gasteiger partial charge in [-0.25, -0.2) is 9.18 Å². The number of rotatable bonds is 9. The molecule has 0 fully saturated rings. The molecule has 1 unspecified atom stereocenters. The molecule has 2 N–H and O–H groups in total. The summed E-state index contributed by atoms with van der Waals surface area (Å²) < 4.78 is 60.1. The molecule has 188 valence electrons. The van der Waals surface area contributed by atoms with Gasteiger partial charge in [0.25, 0.3) is 5.56 Å². The number of halogens is 4. The van der Waals surface area contributed by atoms with Gasteiger partial charge in [0.15, 0.2) is 6.17 Å². The van der Waals surface area contributed by atoms with E-state index in [4.69, 9.17) is 4.52 Å². The van der Waals surface area contributed by atoms with Gasteiger partial charge in [-0.1, -0.05) is 18.5 Å². The van der Waals surface area contributed by atoms with Crippen molar-refractivity contribution in [3.8, 4) is 11.4 Å².